The van der Waals surface area contributed by atoms with Crippen LogP contribution in [-0.2, 0) is 4.79 Å². The number of aliphatic imine (C=N–C) groups is 1. The first kappa shape index (κ1) is 16.4. The van der Waals surface area contributed by atoms with Crippen LogP contribution in [0.15, 0.2) is 55.4 Å². The minimum Gasteiger partial charge on any atom is -0.450 e. The van der Waals surface area contributed by atoms with Gasteiger partial charge in [-0.3, -0.25) is 9.69 Å². The average Bonchev–Trinajstić information content (AvgIpc) is 3.06. The van der Waals surface area contributed by atoms with Crippen molar-refractivity contribution in [2.75, 3.05) is 6.54 Å². The second-order valence-corrected chi connectivity index (χ2v) is 6.90. The van der Waals surface area contributed by atoms with E-state index in [1.54, 1.807) is 35.2 Å². The summed E-state index contributed by atoms with van der Waals surface area (Å²) >= 11 is 10.5. The van der Waals surface area contributed by atoms with Crippen LogP contribution in [0.3, 0.4) is 0 Å². The molecule has 1 saturated heterocycles. The maximum absolute atomic E-state index is 12.5. The van der Waals surface area contributed by atoms with Crippen molar-refractivity contribution in [3.8, 4) is 0 Å². The number of amidine groups is 1. The lowest BCUT2D eigenvalue weighted by Gasteiger charge is -2.11. The molecule has 1 fully saturated rings. The van der Waals surface area contributed by atoms with Crippen molar-refractivity contribution in [2.45, 2.75) is 6.92 Å². The molecule has 7 heteroatoms. The van der Waals surface area contributed by atoms with Gasteiger partial charge in [0, 0.05) is 17.6 Å². The van der Waals surface area contributed by atoms with Gasteiger partial charge in [-0.2, -0.15) is 0 Å². The molecule has 1 aliphatic rings. The summed E-state index contributed by atoms with van der Waals surface area (Å²) < 4.78 is 6.06. The third-order valence-corrected chi connectivity index (χ3v) is 4.81. The fourth-order valence-electron chi connectivity index (χ4n) is 2.03. The van der Waals surface area contributed by atoms with Crippen molar-refractivity contribution in [3.63, 3.8) is 0 Å². The van der Waals surface area contributed by atoms with E-state index in [2.05, 4.69) is 20.9 Å². The van der Waals surface area contributed by atoms with E-state index in [9.17, 15) is 4.79 Å². The first-order valence-corrected chi connectivity index (χ1v) is 8.86. The molecule has 2 aromatic rings. The van der Waals surface area contributed by atoms with Crippen molar-refractivity contribution in [3.05, 3.63) is 56.8 Å². The highest BCUT2D eigenvalue weighted by molar-refractivity contribution is 9.10. The quantitative estimate of drug-likeness (QED) is 0.642. The van der Waals surface area contributed by atoms with Crippen LogP contribution in [0.4, 0.5) is 5.69 Å². The van der Waals surface area contributed by atoms with Crippen LogP contribution in [0.2, 0.25) is 5.02 Å². The Morgan fingerprint density at radius 3 is 2.65 bits per heavy atom. The smallest absolute Gasteiger partial charge is 0.266 e. The normalized spacial score (nSPS) is 18.4. The molecule has 1 aromatic carbocycles. The van der Waals surface area contributed by atoms with Gasteiger partial charge in [0.1, 0.15) is 5.76 Å². The number of amides is 1. The van der Waals surface area contributed by atoms with Crippen molar-refractivity contribution in [2.24, 2.45) is 4.99 Å². The van der Waals surface area contributed by atoms with Gasteiger partial charge in [-0.1, -0.05) is 11.6 Å². The van der Waals surface area contributed by atoms with Crippen LogP contribution < -0.4 is 0 Å². The Hall–Kier alpha value is -1.50. The molecule has 0 unspecified atom stereocenters. The molecule has 118 valence electrons. The molecule has 1 amide bonds. The molecular formula is C16H12BrClN2O2S. The van der Waals surface area contributed by atoms with E-state index < -0.39 is 0 Å². The van der Waals surface area contributed by atoms with Gasteiger partial charge in [0.25, 0.3) is 5.91 Å². The molecule has 0 atom stereocenters. The van der Waals surface area contributed by atoms with Gasteiger partial charge in [-0.15, -0.1) is 0 Å². The van der Waals surface area contributed by atoms with E-state index in [-0.39, 0.29) is 5.91 Å². The van der Waals surface area contributed by atoms with Crippen molar-refractivity contribution < 1.29 is 9.21 Å². The van der Waals surface area contributed by atoms with Gasteiger partial charge < -0.3 is 4.42 Å². The molecule has 4 nitrogen and oxygen atoms in total. The standard InChI is InChI=1S/C16H12BrClN2O2S/c1-2-20-15(21)13(9-12-7-8-14(17)22-12)23-16(20)19-11-5-3-10(18)4-6-11/h3-9H,2H2,1H3/b13-9+,19-16?. The van der Waals surface area contributed by atoms with E-state index in [0.29, 0.717) is 32.1 Å². The van der Waals surface area contributed by atoms with Crippen LogP contribution >= 0.6 is 39.3 Å². The first-order valence-electron chi connectivity index (χ1n) is 6.88. The lowest BCUT2D eigenvalue weighted by molar-refractivity contribution is -0.122. The Labute approximate surface area is 151 Å². The topological polar surface area (TPSA) is 45.8 Å². The molecule has 0 N–H and O–H groups in total. The van der Waals surface area contributed by atoms with E-state index in [1.807, 2.05) is 19.1 Å². The molecule has 1 aromatic heterocycles. The largest absolute Gasteiger partial charge is 0.450 e. The Morgan fingerprint density at radius 2 is 2.04 bits per heavy atom. The second kappa shape index (κ2) is 6.95. The lowest BCUT2D eigenvalue weighted by atomic mass is 10.3. The summed E-state index contributed by atoms with van der Waals surface area (Å²) in [5, 5.41) is 1.30. The maximum Gasteiger partial charge on any atom is 0.266 e. The minimum absolute atomic E-state index is 0.0715. The highest BCUT2D eigenvalue weighted by Gasteiger charge is 2.32. The van der Waals surface area contributed by atoms with Gasteiger partial charge in [0.2, 0.25) is 0 Å². The first-order chi connectivity index (χ1) is 11.1. The Morgan fingerprint density at radius 1 is 1.30 bits per heavy atom. The van der Waals surface area contributed by atoms with Gasteiger partial charge in [-0.25, -0.2) is 4.99 Å². The number of rotatable bonds is 3. The van der Waals surface area contributed by atoms with Crippen molar-refractivity contribution >= 4 is 62.1 Å². The SMILES string of the molecule is CCN1C(=O)/C(=C\c2ccc(Br)o2)SC1=Nc1ccc(Cl)cc1. The molecule has 0 saturated carbocycles. The molecule has 0 aliphatic carbocycles. The predicted molar refractivity (Wildman–Crippen MR) is 97.9 cm³/mol. The zero-order valence-electron chi connectivity index (χ0n) is 12.1. The third kappa shape index (κ3) is 3.71. The van der Waals surface area contributed by atoms with E-state index in [4.69, 9.17) is 16.0 Å². The minimum atomic E-state index is -0.0715. The Bertz CT molecular complexity index is 799. The van der Waals surface area contributed by atoms with Crippen LogP contribution in [0.1, 0.15) is 12.7 Å². The summed E-state index contributed by atoms with van der Waals surface area (Å²) in [6.45, 7) is 2.47. The number of likely N-dealkylation sites (N-methyl/N-ethyl adjacent to an activating group) is 1. The lowest BCUT2D eigenvalue weighted by Crippen LogP contribution is -2.28. The molecule has 0 bridgehead atoms. The van der Waals surface area contributed by atoms with E-state index >= 15 is 0 Å². The maximum atomic E-state index is 12.5. The van der Waals surface area contributed by atoms with Crippen LogP contribution in [-0.4, -0.2) is 22.5 Å². The number of nitrogens with zero attached hydrogens (tertiary/aromatic N) is 2. The summed E-state index contributed by atoms with van der Waals surface area (Å²) in [5.41, 5.74) is 0.755. The number of hydrogen-bond donors (Lipinski definition) is 0. The van der Waals surface area contributed by atoms with Crippen molar-refractivity contribution in [1.82, 2.24) is 4.90 Å². The number of halogens is 2. The molecule has 2 heterocycles. The second-order valence-electron chi connectivity index (χ2n) is 4.67. The highest BCUT2D eigenvalue weighted by atomic mass is 79.9. The average molecular weight is 412 g/mol. The van der Waals surface area contributed by atoms with Crippen LogP contribution in [0.25, 0.3) is 6.08 Å². The number of carbonyl (C=O) groups excluding carboxylic acids is 1. The monoisotopic (exact) mass is 410 g/mol. The predicted octanol–water partition coefficient (Wildman–Crippen LogP) is 5.32. The summed E-state index contributed by atoms with van der Waals surface area (Å²) in [5.74, 6) is 0.550. The zero-order chi connectivity index (χ0) is 16.4. The van der Waals surface area contributed by atoms with Crippen molar-refractivity contribution in [1.29, 1.82) is 0 Å². The van der Waals surface area contributed by atoms with Gasteiger partial charge in [0.15, 0.2) is 9.84 Å². The molecule has 0 radical (unpaired) electrons. The number of furan rings is 1. The molecular weight excluding hydrogens is 400 g/mol. The fourth-order valence-corrected chi connectivity index (χ4v) is 3.52. The molecule has 23 heavy (non-hydrogen) atoms. The fraction of sp³-hybridized carbons (Fsp3) is 0.125. The molecule has 1 aliphatic heterocycles. The van der Waals surface area contributed by atoms with Gasteiger partial charge >= 0.3 is 0 Å². The Kier molecular flexibility index (Phi) is 4.94. The van der Waals surface area contributed by atoms with Gasteiger partial charge in [0.05, 0.1) is 10.6 Å². The number of benzene rings is 1. The summed E-state index contributed by atoms with van der Waals surface area (Å²) in [7, 11) is 0. The number of carbonyl (C=O) groups is 1. The molecule has 3 rings (SSSR count). The zero-order valence-corrected chi connectivity index (χ0v) is 15.3. The van der Waals surface area contributed by atoms with E-state index in [1.165, 1.54) is 11.8 Å². The number of thioether (sulfide) groups is 1. The summed E-state index contributed by atoms with van der Waals surface area (Å²) in [4.78, 5) is 19.3. The highest BCUT2D eigenvalue weighted by Crippen LogP contribution is 2.34. The number of hydrogen-bond acceptors (Lipinski definition) is 4. The summed E-state index contributed by atoms with van der Waals surface area (Å²) in [6, 6.07) is 10.8. The summed E-state index contributed by atoms with van der Waals surface area (Å²) in [6.07, 6.45) is 1.73. The third-order valence-electron chi connectivity index (χ3n) is 3.12. The molecule has 0 spiro atoms. The Balaban J connectivity index is 1.91. The van der Waals surface area contributed by atoms with E-state index in [0.717, 1.165) is 5.69 Å². The van der Waals surface area contributed by atoms with Gasteiger partial charge in [-0.05, 0) is 71.0 Å². The van der Waals surface area contributed by atoms with Crippen LogP contribution in [0, 0.1) is 0 Å². The van der Waals surface area contributed by atoms with Crippen LogP contribution in [0.5, 0.6) is 0 Å².